The monoisotopic (exact) mass is 406 g/mol. The van der Waals surface area contributed by atoms with E-state index in [-0.39, 0.29) is 21.6 Å². The summed E-state index contributed by atoms with van der Waals surface area (Å²) < 4.78 is -0.289. The summed E-state index contributed by atoms with van der Waals surface area (Å²) in [4.78, 5) is 2.53. The Morgan fingerprint density at radius 1 is 0.769 bits per heavy atom. The van der Waals surface area contributed by atoms with Gasteiger partial charge >= 0.3 is 0 Å². The summed E-state index contributed by atoms with van der Waals surface area (Å²) >= 11 is 9.91. The molecule has 26 heavy (non-hydrogen) atoms. The van der Waals surface area contributed by atoms with Crippen molar-refractivity contribution in [1.82, 2.24) is 15.5 Å². The maximum Gasteiger partial charge on any atom is 0.0364 e. The van der Waals surface area contributed by atoms with Crippen molar-refractivity contribution in [3.63, 3.8) is 0 Å². The van der Waals surface area contributed by atoms with E-state index in [1.807, 2.05) is 0 Å². The average molecular weight is 407 g/mol. The molecular weight excluding hydrogens is 360 g/mol. The summed E-state index contributed by atoms with van der Waals surface area (Å²) in [6, 6.07) is 0.538. The van der Waals surface area contributed by atoms with Crippen LogP contribution in [0, 0.1) is 11.8 Å². The number of nitrogens with zero attached hydrogens (tertiary/aromatic N) is 1. The van der Waals surface area contributed by atoms with E-state index in [4.69, 9.17) is 31.0 Å². The van der Waals surface area contributed by atoms with Crippen molar-refractivity contribution >= 4 is 25.3 Å². The maximum atomic E-state index is 6.01. The van der Waals surface area contributed by atoms with Crippen molar-refractivity contribution < 1.29 is 0 Å². The van der Waals surface area contributed by atoms with Gasteiger partial charge in [0, 0.05) is 47.8 Å². The number of thiol groups is 2. The molecule has 4 N–H and O–H groups in total. The first-order valence-electron chi connectivity index (χ1n) is 10.1. The van der Waals surface area contributed by atoms with Gasteiger partial charge in [0.1, 0.15) is 0 Å². The van der Waals surface area contributed by atoms with Crippen molar-refractivity contribution in [3.8, 4) is 0 Å². The Hall–Kier alpha value is 0.540. The van der Waals surface area contributed by atoms with Crippen LogP contribution in [0.15, 0.2) is 0 Å². The fourth-order valence-electron chi connectivity index (χ4n) is 3.24. The standard InChI is InChI=1S/C20H46N4S2/c1-15(2)11-22-13-17(19(5,6)25)24(10-9-21)18(20(7,8)26)14-23-12-16(3)4/h15-18,22-23,25-26H,9-14,21H2,1-8H3. The molecule has 0 aliphatic heterocycles. The topological polar surface area (TPSA) is 53.3 Å². The first-order valence-corrected chi connectivity index (χ1v) is 11.0. The van der Waals surface area contributed by atoms with Gasteiger partial charge in [-0.15, -0.1) is 0 Å². The van der Waals surface area contributed by atoms with Crippen LogP contribution in [0.3, 0.4) is 0 Å². The van der Waals surface area contributed by atoms with Crippen LogP contribution in [-0.4, -0.2) is 65.7 Å². The lowest BCUT2D eigenvalue weighted by atomic mass is 9.93. The van der Waals surface area contributed by atoms with Crippen molar-refractivity contribution in [2.45, 2.75) is 77.0 Å². The van der Waals surface area contributed by atoms with Crippen LogP contribution in [0.4, 0.5) is 0 Å². The highest BCUT2D eigenvalue weighted by atomic mass is 32.1. The van der Waals surface area contributed by atoms with Gasteiger partial charge < -0.3 is 16.4 Å². The van der Waals surface area contributed by atoms with E-state index in [0.29, 0.717) is 18.4 Å². The molecule has 0 amide bonds. The Labute approximate surface area is 174 Å². The third-order valence-electron chi connectivity index (χ3n) is 4.60. The second-order valence-corrected chi connectivity index (χ2v) is 11.8. The molecule has 0 aromatic heterocycles. The molecule has 0 spiro atoms. The van der Waals surface area contributed by atoms with Gasteiger partial charge in [-0.25, -0.2) is 0 Å². The largest absolute Gasteiger partial charge is 0.329 e. The lowest BCUT2D eigenvalue weighted by Gasteiger charge is -2.48. The SMILES string of the molecule is CC(C)CNCC(N(CCN)C(CNCC(C)C)C(C)(C)S)C(C)(C)S. The predicted molar refractivity (Wildman–Crippen MR) is 125 cm³/mol. The fraction of sp³-hybridized carbons (Fsp3) is 1.00. The van der Waals surface area contributed by atoms with E-state index in [2.05, 4.69) is 70.9 Å². The highest BCUT2D eigenvalue weighted by Gasteiger charge is 2.39. The molecule has 0 rings (SSSR count). The van der Waals surface area contributed by atoms with Gasteiger partial charge in [0.25, 0.3) is 0 Å². The third kappa shape index (κ3) is 10.8. The van der Waals surface area contributed by atoms with Crippen LogP contribution in [0.5, 0.6) is 0 Å². The molecule has 0 saturated carbocycles. The average Bonchev–Trinajstić information content (AvgIpc) is 2.43. The van der Waals surface area contributed by atoms with Gasteiger partial charge in [0.05, 0.1) is 0 Å². The van der Waals surface area contributed by atoms with Crippen LogP contribution >= 0.6 is 25.3 Å². The molecule has 6 heteroatoms. The van der Waals surface area contributed by atoms with Gasteiger partial charge in [-0.1, -0.05) is 27.7 Å². The molecule has 0 aliphatic carbocycles. The van der Waals surface area contributed by atoms with Crippen LogP contribution in [0.1, 0.15) is 55.4 Å². The molecule has 0 saturated heterocycles. The summed E-state index contributed by atoms with van der Waals surface area (Å²) in [5.41, 5.74) is 6.01. The Bertz CT molecular complexity index is 330. The van der Waals surface area contributed by atoms with Crippen molar-refractivity contribution in [2.75, 3.05) is 39.3 Å². The maximum absolute atomic E-state index is 6.01. The van der Waals surface area contributed by atoms with E-state index < -0.39 is 0 Å². The van der Waals surface area contributed by atoms with Crippen LogP contribution < -0.4 is 16.4 Å². The molecule has 0 aliphatic rings. The van der Waals surface area contributed by atoms with Crippen molar-refractivity contribution in [1.29, 1.82) is 0 Å². The quantitative estimate of drug-likeness (QED) is 0.288. The molecular formula is C20H46N4S2. The summed E-state index contributed by atoms with van der Waals surface area (Å²) in [6.45, 7) is 23.1. The van der Waals surface area contributed by atoms with E-state index in [1.54, 1.807) is 0 Å². The van der Waals surface area contributed by atoms with Crippen LogP contribution in [0.2, 0.25) is 0 Å². The first kappa shape index (κ1) is 26.5. The zero-order chi connectivity index (χ0) is 20.5. The van der Waals surface area contributed by atoms with E-state index in [9.17, 15) is 0 Å². The van der Waals surface area contributed by atoms with Gasteiger partial charge in [-0.3, -0.25) is 4.90 Å². The summed E-state index contributed by atoms with van der Waals surface area (Å²) in [5.74, 6) is 1.26. The second kappa shape index (κ2) is 12.2. The third-order valence-corrected chi connectivity index (χ3v) is 5.20. The number of nitrogens with one attached hydrogen (secondary N) is 2. The van der Waals surface area contributed by atoms with Gasteiger partial charge in [-0.2, -0.15) is 25.3 Å². The molecule has 2 atom stereocenters. The minimum Gasteiger partial charge on any atom is -0.329 e. The van der Waals surface area contributed by atoms with Gasteiger partial charge in [0.15, 0.2) is 0 Å². The zero-order valence-electron chi connectivity index (χ0n) is 18.5. The van der Waals surface area contributed by atoms with Crippen LogP contribution in [-0.2, 0) is 0 Å². The van der Waals surface area contributed by atoms with Crippen molar-refractivity contribution in [3.05, 3.63) is 0 Å². The summed E-state index contributed by atoms with van der Waals surface area (Å²) in [6.07, 6.45) is 0. The Morgan fingerprint density at radius 3 is 1.35 bits per heavy atom. The molecule has 0 aromatic rings. The summed E-state index contributed by atoms with van der Waals surface area (Å²) in [5, 5.41) is 7.27. The first-order chi connectivity index (χ1) is 11.8. The lowest BCUT2D eigenvalue weighted by Crippen LogP contribution is -2.63. The molecule has 0 radical (unpaired) electrons. The minimum atomic E-state index is -0.144. The lowest BCUT2D eigenvalue weighted by molar-refractivity contribution is 0.0944. The number of hydrogen-bond acceptors (Lipinski definition) is 6. The molecule has 0 fully saturated rings. The highest BCUT2D eigenvalue weighted by Crippen LogP contribution is 2.30. The number of rotatable bonds is 14. The Kier molecular flexibility index (Phi) is 12.4. The van der Waals surface area contributed by atoms with E-state index >= 15 is 0 Å². The smallest absolute Gasteiger partial charge is 0.0364 e. The fourth-order valence-corrected chi connectivity index (χ4v) is 3.72. The molecule has 158 valence electrons. The Morgan fingerprint density at radius 2 is 1.12 bits per heavy atom. The highest BCUT2D eigenvalue weighted by molar-refractivity contribution is 7.82. The number of nitrogens with two attached hydrogens (primary N) is 1. The molecule has 2 unspecified atom stereocenters. The predicted octanol–water partition coefficient (Wildman–Crippen LogP) is 2.89. The normalized spacial score (nSPS) is 15.9. The summed E-state index contributed by atoms with van der Waals surface area (Å²) in [7, 11) is 0. The van der Waals surface area contributed by atoms with Gasteiger partial charge in [0.2, 0.25) is 0 Å². The number of hydrogen-bond donors (Lipinski definition) is 5. The second-order valence-electron chi connectivity index (χ2n) is 9.47. The Balaban J connectivity index is 5.46. The van der Waals surface area contributed by atoms with E-state index in [0.717, 1.165) is 32.7 Å². The van der Waals surface area contributed by atoms with Crippen LogP contribution in [0.25, 0.3) is 0 Å². The van der Waals surface area contributed by atoms with Gasteiger partial charge in [-0.05, 0) is 52.6 Å². The molecule has 0 bridgehead atoms. The zero-order valence-corrected chi connectivity index (χ0v) is 20.3. The van der Waals surface area contributed by atoms with Crippen molar-refractivity contribution in [2.24, 2.45) is 17.6 Å². The molecule has 0 aromatic carbocycles. The van der Waals surface area contributed by atoms with E-state index in [1.165, 1.54) is 0 Å². The minimum absolute atomic E-state index is 0.144. The molecule has 0 heterocycles. The molecule has 4 nitrogen and oxygen atoms in total.